The summed E-state index contributed by atoms with van der Waals surface area (Å²) in [4.78, 5) is 23.2. The molecule has 0 bridgehead atoms. The maximum atomic E-state index is 12.1. The van der Waals surface area contributed by atoms with Crippen molar-refractivity contribution < 1.29 is 9.90 Å². The second-order valence-electron chi connectivity index (χ2n) is 4.39. The van der Waals surface area contributed by atoms with Crippen molar-refractivity contribution in [2.24, 2.45) is 0 Å². The molecule has 5 heteroatoms. The summed E-state index contributed by atoms with van der Waals surface area (Å²) in [7, 11) is 0. The molecule has 1 heterocycles. The van der Waals surface area contributed by atoms with Gasteiger partial charge in [0, 0.05) is 23.2 Å². The van der Waals surface area contributed by atoms with Crippen LogP contribution in [0.15, 0.2) is 29.2 Å². The van der Waals surface area contributed by atoms with Gasteiger partial charge in [-0.25, -0.2) is 4.79 Å². The number of carbonyl (C=O) groups is 1. The number of carboxylic acids is 1. The van der Waals surface area contributed by atoms with Crippen molar-refractivity contribution in [1.82, 2.24) is 4.57 Å². The molecule has 1 N–H and O–H groups in total. The van der Waals surface area contributed by atoms with E-state index in [1.807, 2.05) is 0 Å². The van der Waals surface area contributed by atoms with Crippen molar-refractivity contribution in [2.45, 2.75) is 26.3 Å². The Labute approximate surface area is 115 Å². The average Bonchev–Trinajstić information content (AvgIpc) is 2.38. The summed E-state index contributed by atoms with van der Waals surface area (Å²) in [6, 6.07) is 4.97. The van der Waals surface area contributed by atoms with Crippen LogP contribution in [0.4, 0.5) is 0 Å². The molecule has 2 aromatic rings. The minimum absolute atomic E-state index is 0.217. The van der Waals surface area contributed by atoms with Crippen molar-refractivity contribution in [2.75, 3.05) is 0 Å². The Bertz CT molecular complexity index is 691. The summed E-state index contributed by atoms with van der Waals surface area (Å²) in [6.07, 6.45) is 3.32. The number of carboxylic acid groups (broad SMARTS) is 1. The van der Waals surface area contributed by atoms with Crippen molar-refractivity contribution >= 4 is 28.5 Å². The third-order valence-corrected chi connectivity index (χ3v) is 3.26. The molecule has 1 aromatic heterocycles. The fourth-order valence-electron chi connectivity index (χ4n) is 2.04. The lowest BCUT2D eigenvalue weighted by atomic mass is 10.1. The lowest BCUT2D eigenvalue weighted by Crippen LogP contribution is -2.19. The first-order chi connectivity index (χ1) is 9.04. The Hall–Kier alpha value is -1.81. The molecule has 0 spiro atoms. The molecule has 0 fully saturated rings. The van der Waals surface area contributed by atoms with Crippen molar-refractivity contribution in [3.63, 3.8) is 0 Å². The topological polar surface area (TPSA) is 59.3 Å². The summed E-state index contributed by atoms with van der Waals surface area (Å²) in [5.41, 5.74) is 0.0106. The van der Waals surface area contributed by atoms with Crippen LogP contribution in [-0.2, 0) is 6.54 Å². The molecular weight excluding hydrogens is 266 g/mol. The maximum absolute atomic E-state index is 12.1. The van der Waals surface area contributed by atoms with E-state index in [0.29, 0.717) is 22.5 Å². The number of nitrogens with zero attached hydrogens (tertiary/aromatic N) is 1. The summed E-state index contributed by atoms with van der Waals surface area (Å²) in [5, 5.41) is 9.87. The molecule has 100 valence electrons. The molecule has 0 aliphatic carbocycles. The standard InChI is InChI=1S/C14H14ClNO3/c1-2-3-6-16-8-11(14(18)19)13(17)10-7-9(15)4-5-12(10)16/h4-5,7-8H,2-3,6H2,1H3,(H,18,19). The number of aryl methyl sites for hydroxylation is 1. The highest BCUT2D eigenvalue weighted by atomic mass is 35.5. The van der Waals surface area contributed by atoms with Gasteiger partial charge in [0.1, 0.15) is 5.56 Å². The predicted molar refractivity (Wildman–Crippen MR) is 75.1 cm³/mol. The maximum Gasteiger partial charge on any atom is 0.341 e. The fraction of sp³-hybridized carbons (Fsp3) is 0.286. The summed E-state index contributed by atoms with van der Waals surface area (Å²) < 4.78 is 1.81. The zero-order chi connectivity index (χ0) is 14.0. The molecule has 0 aliphatic heterocycles. The molecule has 0 amide bonds. The van der Waals surface area contributed by atoms with Gasteiger partial charge in [-0.05, 0) is 24.6 Å². The number of hydrogen-bond donors (Lipinski definition) is 1. The van der Waals surface area contributed by atoms with E-state index < -0.39 is 11.4 Å². The third kappa shape index (κ3) is 2.63. The Morgan fingerprint density at radius 1 is 1.42 bits per heavy atom. The molecule has 0 saturated carbocycles. The van der Waals surface area contributed by atoms with E-state index in [1.54, 1.807) is 16.7 Å². The number of unbranched alkanes of at least 4 members (excludes halogenated alkanes) is 1. The monoisotopic (exact) mass is 279 g/mol. The zero-order valence-electron chi connectivity index (χ0n) is 10.5. The van der Waals surface area contributed by atoms with Crippen LogP contribution in [0.2, 0.25) is 5.02 Å². The first-order valence-electron chi connectivity index (χ1n) is 6.10. The highest BCUT2D eigenvalue weighted by Crippen LogP contribution is 2.18. The first-order valence-corrected chi connectivity index (χ1v) is 6.48. The molecule has 0 radical (unpaired) electrons. The molecule has 0 atom stereocenters. The quantitative estimate of drug-likeness (QED) is 0.935. The Morgan fingerprint density at radius 2 is 2.16 bits per heavy atom. The number of rotatable bonds is 4. The van der Waals surface area contributed by atoms with Crippen LogP contribution in [0.1, 0.15) is 30.1 Å². The Morgan fingerprint density at radius 3 is 2.79 bits per heavy atom. The average molecular weight is 280 g/mol. The van der Waals surface area contributed by atoms with Gasteiger partial charge in [-0.3, -0.25) is 4.79 Å². The predicted octanol–water partition coefficient (Wildman–Crippen LogP) is 3.15. The largest absolute Gasteiger partial charge is 0.477 e. The lowest BCUT2D eigenvalue weighted by molar-refractivity contribution is 0.0695. The van der Waals surface area contributed by atoms with Crippen LogP contribution >= 0.6 is 11.6 Å². The summed E-state index contributed by atoms with van der Waals surface area (Å²) >= 11 is 5.88. The van der Waals surface area contributed by atoms with Gasteiger partial charge in [0.25, 0.3) is 0 Å². The van der Waals surface area contributed by atoms with Crippen LogP contribution in [0.3, 0.4) is 0 Å². The Kier molecular flexibility index (Phi) is 3.90. The molecule has 19 heavy (non-hydrogen) atoms. The van der Waals surface area contributed by atoms with Crippen molar-refractivity contribution in [3.05, 3.63) is 45.2 Å². The van der Waals surface area contributed by atoms with Gasteiger partial charge in [-0.2, -0.15) is 0 Å². The molecule has 0 aliphatic rings. The SMILES string of the molecule is CCCCn1cc(C(=O)O)c(=O)c2cc(Cl)ccc21. The number of aromatic carboxylic acids is 1. The van der Waals surface area contributed by atoms with Gasteiger partial charge in [0.05, 0.1) is 5.52 Å². The van der Waals surface area contributed by atoms with E-state index in [0.717, 1.165) is 12.8 Å². The molecule has 0 unspecified atom stereocenters. The van der Waals surface area contributed by atoms with Crippen LogP contribution in [-0.4, -0.2) is 15.6 Å². The normalized spacial score (nSPS) is 10.8. The second-order valence-corrected chi connectivity index (χ2v) is 4.82. The molecule has 1 aromatic carbocycles. The van der Waals surface area contributed by atoms with Gasteiger partial charge in [-0.1, -0.05) is 24.9 Å². The molecular formula is C14H14ClNO3. The van der Waals surface area contributed by atoms with Gasteiger partial charge in [-0.15, -0.1) is 0 Å². The van der Waals surface area contributed by atoms with E-state index in [-0.39, 0.29) is 5.56 Å². The third-order valence-electron chi connectivity index (χ3n) is 3.03. The highest BCUT2D eigenvalue weighted by Gasteiger charge is 2.14. The van der Waals surface area contributed by atoms with E-state index in [1.165, 1.54) is 12.3 Å². The van der Waals surface area contributed by atoms with Gasteiger partial charge < -0.3 is 9.67 Å². The van der Waals surface area contributed by atoms with E-state index in [4.69, 9.17) is 16.7 Å². The number of halogens is 1. The van der Waals surface area contributed by atoms with E-state index >= 15 is 0 Å². The Balaban J connectivity index is 2.76. The molecule has 4 nitrogen and oxygen atoms in total. The van der Waals surface area contributed by atoms with Gasteiger partial charge >= 0.3 is 5.97 Å². The lowest BCUT2D eigenvalue weighted by Gasteiger charge is -2.12. The van der Waals surface area contributed by atoms with Crippen LogP contribution in [0.5, 0.6) is 0 Å². The number of aromatic nitrogens is 1. The minimum Gasteiger partial charge on any atom is -0.477 e. The van der Waals surface area contributed by atoms with Gasteiger partial charge in [0.15, 0.2) is 0 Å². The van der Waals surface area contributed by atoms with Gasteiger partial charge in [0.2, 0.25) is 5.43 Å². The highest BCUT2D eigenvalue weighted by molar-refractivity contribution is 6.31. The smallest absolute Gasteiger partial charge is 0.341 e. The minimum atomic E-state index is -1.21. The summed E-state index contributed by atoms with van der Waals surface area (Å²) in [6.45, 7) is 2.73. The molecule has 2 rings (SSSR count). The number of fused-ring (bicyclic) bond motifs is 1. The number of hydrogen-bond acceptors (Lipinski definition) is 2. The van der Waals surface area contributed by atoms with Crippen molar-refractivity contribution in [1.29, 1.82) is 0 Å². The zero-order valence-corrected chi connectivity index (χ0v) is 11.3. The first kappa shape index (κ1) is 13.6. The van der Waals surface area contributed by atoms with Crippen LogP contribution < -0.4 is 5.43 Å². The van der Waals surface area contributed by atoms with E-state index in [2.05, 4.69) is 6.92 Å². The fourth-order valence-corrected chi connectivity index (χ4v) is 2.21. The molecule has 0 saturated heterocycles. The van der Waals surface area contributed by atoms with Crippen LogP contribution in [0, 0.1) is 0 Å². The van der Waals surface area contributed by atoms with Crippen LogP contribution in [0.25, 0.3) is 10.9 Å². The second kappa shape index (κ2) is 5.45. The summed E-state index contributed by atoms with van der Waals surface area (Å²) in [5.74, 6) is -1.21. The van der Waals surface area contributed by atoms with E-state index in [9.17, 15) is 9.59 Å². The van der Waals surface area contributed by atoms with Crippen molar-refractivity contribution in [3.8, 4) is 0 Å². The number of benzene rings is 1. The number of pyridine rings is 1.